The van der Waals surface area contributed by atoms with Crippen molar-refractivity contribution in [3.8, 4) is 0 Å². The van der Waals surface area contributed by atoms with Crippen LogP contribution < -0.4 is 10.6 Å². The highest BCUT2D eigenvalue weighted by Crippen LogP contribution is 2.34. The number of hydrogen-bond donors (Lipinski definition) is 2. The Morgan fingerprint density at radius 1 is 1.41 bits per heavy atom. The third kappa shape index (κ3) is 2.52. The first kappa shape index (κ1) is 12.2. The molecule has 1 aliphatic rings. The monoisotopic (exact) mass is 238 g/mol. The highest BCUT2D eigenvalue weighted by molar-refractivity contribution is 5.68. The van der Waals surface area contributed by atoms with E-state index in [4.69, 9.17) is 10.8 Å². The first-order chi connectivity index (χ1) is 8.24. The SMILES string of the molecule is Nc1cccc(F)c1N(CCCO)C1CCC1. The molecule has 0 heterocycles. The van der Waals surface area contributed by atoms with Gasteiger partial charge in [-0.1, -0.05) is 6.07 Å². The van der Waals surface area contributed by atoms with Crippen molar-refractivity contribution in [3.63, 3.8) is 0 Å². The van der Waals surface area contributed by atoms with Gasteiger partial charge in [0.2, 0.25) is 0 Å². The summed E-state index contributed by atoms with van der Waals surface area (Å²) >= 11 is 0. The number of halogens is 1. The first-order valence-electron chi connectivity index (χ1n) is 6.15. The molecule has 1 aliphatic carbocycles. The lowest BCUT2D eigenvalue weighted by atomic mass is 9.90. The van der Waals surface area contributed by atoms with Gasteiger partial charge in [0.25, 0.3) is 0 Å². The van der Waals surface area contributed by atoms with E-state index in [1.807, 2.05) is 4.90 Å². The van der Waals surface area contributed by atoms with Crippen LogP contribution in [0.4, 0.5) is 15.8 Å². The number of nitrogens with two attached hydrogens (primary N) is 1. The summed E-state index contributed by atoms with van der Waals surface area (Å²) in [6, 6.07) is 5.17. The molecule has 4 heteroatoms. The quantitative estimate of drug-likeness (QED) is 0.773. The van der Waals surface area contributed by atoms with Crippen LogP contribution in [0.2, 0.25) is 0 Å². The summed E-state index contributed by atoms with van der Waals surface area (Å²) in [5.41, 5.74) is 6.85. The van der Waals surface area contributed by atoms with Crippen LogP contribution in [0.5, 0.6) is 0 Å². The van der Waals surface area contributed by atoms with Gasteiger partial charge in [0.15, 0.2) is 0 Å². The lowest BCUT2D eigenvalue weighted by molar-refractivity contribution is 0.282. The lowest BCUT2D eigenvalue weighted by Gasteiger charge is -2.40. The Morgan fingerprint density at radius 2 is 2.18 bits per heavy atom. The average molecular weight is 238 g/mol. The molecular weight excluding hydrogens is 219 g/mol. The zero-order chi connectivity index (χ0) is 12.3. The van der Waals surface area contributed by atoms with Gasteiger partial charge in [-0.05, 0) is 37.8 Å². The average Bonchev–Trinajstić information content (AvgIpc) is 2.22. The molecule has 0 radical (unpaired) electrons. The van der Waals surface area contributed by atoms with Crippen molar-refractivity contribution in [1.29, 1.82) is 0 Å². The van der Waals surface area contributed by atoms with E-state index >= 15 is 0 Å². The first-order valence-corrected chi connectivity index (χ1v) is 6.15. The van der Waals surface area contributed by atoms with Gasteiger partial charge in [0, 0.05) is 19.2 Å². The molecule has 0 bridgehead atoms. The molecule has 3 nitrogen and oxygen atoms in total. The Hall–Kier alpha value is -1.29. The topological polar surface area (TPSA) is 49.5 Å². The van der Waals surface area contributed by atoms with Gasteiger partial charge in [-0.2, -0.15) is 0 Å². The predicted octanol–water partition coefficient (Wildman–Crippen LogP) is 2.15. The zero-order valence-corrected chi connectivity index (χ0v) is 9.90. The molecule has 0 spiro atoms. The van der Waals surface area contributed by atoms with E-state index in [1.165, 1.54) is 12.5 Å². The molecule has 1 aromatic carbocycles. The fourth-order valence-corrected chi connectivity index (χ4v) is 2.25. The van der Waals surface area contributed by atoms with E-state index in [9.17, 15) is 4.39 Å². The number of nitrogens with zero attached hydrogens (tertiary/aromatic N) is 1. The maximum absolute atomic E-state index is 13.9. The maximum Gasteiger partial charge on any atom is 0.148 e. The van der Waals surface area contributed by atoms with Crippen molar-refractivity contribution in [1.82, 2.24) is 0 Å². The Balaban J connectivity index is 2.24. The third-order valence-electron chi connectivity index (χ3n) is 3.38. The van der Waals surface area contributed by atoms with Gasteiger partial charge in [0.05, 0.1) is 11.4 Å². The van der Waals surface area contributed by atoms with Gasteiger partial charge in [-0.3, -0.25) is 0 Å². The number of para-hydroxylation sites is 1. The van der Waals surface area contributed by atoms with Crippen LogP contribution in [0, 0.1) is 5.82 Å². The molecule has 94 valence electrons. The molecule has 0 unspecified atom stereocenters. The van der Waals surface area contributed by atoms with Crippen molar-refractivity contribution < 1.29 is 9.50 Å². The number of aliphatic hydroxyl groups excluding tert-OH is 1. The summed E-state index contributed by atoms with van der Waals surface area (Å²) in [6.07, 6.45) is 4.00. The molecule has 0 atom stereocenters. The van der Waals surface area contributed by atoms with Crippen LogP contribution >= 0.6 is 0 Å². The number of hydrogen-bond acceptors (Lipinski definition) is 3. The Morgan fingerprint density at radius 3 is 2.71 bits per heavy atom. The summed E-state index contributed by atoms with van der Waals surface area (Å²) in [4.78, 5) is 2.02. The van der Waals surface area contributed by atoms with Crippen LogP contribution in [0.3, 0.4) is 0 Å². The minimum absolute atomic E-state index is 0.123. The molecule has 17 heavy (non-hydrogen) atoms. The highest BCUT2D eigenvalue weighted by atomic mass is 19.1. The number of nitrogen functional groups attached to an aromatic ring is 1. The fourth-order valence-electron chi connectivity index (χ4n) is 2.25. The summed E-state index contributed by atoms with van der Waals surface area (Å²) in [5.74, 6) is -0.269. The second-order valence-electron chi connectivity index (χ2n) is 4.53. The smallest absolute Gasteiger partial charge is 0.148 e. The number of anilines is 2. The standard InChI is InChI=1S/C13H19FN2O/c14-11-6-2-7-12(15)13(11)16(8-3-9-17)10-4-1-5-10/h2,6-7,10,17H,1,3-5,8-9,15H2. The Bertz CT molecular complexity index is 359. The molecule has 1 saturated carbocycles. The van der Waals surface area contributed by atoms with E-state index in [1.54, 1.807) is 12.1 Å². The summed E-state index contributed by atoms with van der Waals surface area (Å²) in [6.45, 7) is 0.782. The van der Waals surface area contributed by atoms with Crippen LogP contribution in [-0.4, -0.2) is 24.3 Å². The second kappa shape index (κ2) is 5.36. The molecule has 0 saturated heterocycles. The summed E-state index contributed by atoms with van der Waals surface area (Å²) < 4.78 is 13.9. The van der Waals surface area contributed by atoms with Crippen molar-refractivity contribution >= 4 is 11.4 Å². The van der Waals surface area contributed by atoms with Crippen LogP contribution in [0.15, 0.2) is 18.2 Å². The minimum Gasteiger partial charge on any atom is -0.397 e. The van der Waals surface area contributed by atoms with Crippen molar-refractivity contribution in [2.24, 2.45) is 0 Å². The number of benzene rings is 1. The van der Waals surface area contributed by atoms with Crippen LogP contribution in [-0.2, 0) is 0 Å². The normalized spacial score (nSPS) is 15.6. The summed E-state index contributed by atoms with van der Waals surface area (Å²) in [7, 11) is 0. The molecule has 0 amide bonds. The molecule has 2 rings (SSSR count). The van der Waals surface area contributed by atoms with Crippen molar-refractivity contribution in [2.45, 2.75) is 31.7 Å². The van der Waals surface area contributed by atoms with E-state index in [-0.39, 0.29) is 12.4 Å². The van der Waals surface area contributed by atoms with Gasteiger partial charge in [0.1, 0.15) is 5.82 Å². The van der Waals surface area contributed by atoms with Crippen LogP contribution in [0.1, 0.15) is 25.7 Å². The summed E-state index contributed by atoms with van der Waals surface area (Å²) in [5, 5.41) is 8.92. The lowest BCUT2D eigenvalue weighted by Crippen LogP contribution is -2.42. The van der Waals surface area contributed by atoms with Gasteiger partial charge < -0.3 is 15.7 Å². The highest BCUT2D eigenvalue weighted by Gasteiger charge is 2.27. The molecule has 0 aromatic heterocycles. The second-order valence-corrected chi connectivity index (χ2v) is 4.53. The number of aliphatic hydroxyl groups is 1. The van der Waals surface area contributed by atoms with E-state index in [0.29, 0.717) is 30.4 Å². The predicted molar refractivity (Wildman–Crippen MR) is 67.5 cm³/mol. The van der Waals surface area contributed by atoms with Gasteiger partial charge in [-0.25, -0.2) is 4.39 Å². The zero-order valence-electron chi connectivity index (χ0n) is 9.90. The fraction of sp³-hybridized carbons (Fsp3) is 0.538. The third-order valence-corrected chi connectivity index (χ3v) is 3.38. The number of rotatable bonds is 5. The van der Waals surface area contributed by atoms with E-state index < -0.39 is 0 Å². The van der Waals surface area contributed by atoms with Crippen LogP contribution in [0.25, 0.3) is 0 Å². The van der Waals surface area contributed by atoms with E-state index in [0.717, 1.165) is 12.8 Å². The molecular formula is C13H19FN2O. The molecule has 3 N–H and O–H groups in total. The Labute approximate surface area is 101 Å². The Kier molecular flexibility index (Phi) is 3.84. The molecule has 0 aliphatic heterocycles. The minimum atomic E-state index is -0.269. The van der Waals surface area contributed by atoms with E-state index in [2.05, 4.69) is 0 Å². The van der Waals surface area contributed by atoms with Crippen molar-refractivity contribution in [2.75, 3.05) is 23.8 Å². The molecule has 1 fully saturated rings. The largest absolute Gasteiger partial charge is 0.397 e. The van der Waals surface area contributed by atoms with Gasteiger partial charge >= 0.3 is 0 Å². The maximum atomic E-state index is 13.9. The van der Waals surface area contributed by atoms with Gasteiger partial charge in [-0.15, -0.1) is 0 Å². The van der Waals surface area contributed by atoms with Crippen molar-refractivity contribution in [3.05, 3.63) is 24.0 Å². The molecule has 1 aromatic rings.